The van der Waals surface area contributed by atoms with Gasteiger partial charge in [-0.25, -0.2) is 4.79 Å². The molecule has 0 heterocycles. The van der Waals surface area contributed by atoms with Crippen LogP contribution in [0.1, 0.15) is 26.2 Å². The molecule has 0 radical (unpaired) electrons. The highest BCUT2D eigenvalue weighted by Crippen LogP contribution is 2.01. The number of nitrogens with one attached hydrogen (secondary N) is 1. The normalized spacial score (nSPS) is 11.8. The van der Waals surface area contributed by atoms with Crippen LogP contribution >= 0.6 is 0 Å². The molecule has 0 saturated carbocycles. The van der Waals surface area contributed by atoms with Crippen molar-refractivity contribution in [2.75, 3.05) is 7.11 Å². The SMILES string of the molecule is CCCC(CC(=O)O)NC(=O)OC. The summed E-state index contributed by atoms with van der Waals surface area (Å²) < 4.78 is 4.37. The van der Waals surface area contributed by atoms with Gasteiger partial charge in [-0.05, 0) is 6.42 Å². The average molecular weight is 189 g/mol. The second-order valence-corrected chi connectivity index (χ2v) is 2.72. The summed E-state index contributed by atoms with van der Waals surface area (Å²) in [5.74, 6) is -0.921. The van der Waals surface area contributed by atoms with Crippen LogP contribution in [0.25, 0.3) is 0 Å². The van der Waals surface area contributed by atoms with Gasteiger partial charge in [0, 0.05) is 6.04 Å². The molecule has 0 aliphatic rings. The molecule has 76 valence electrons. The number of amides is 1. The minimum absolute atomic E-state index is 0.0665. The fourth-order valence-corrected chi connectivity index (χ4v) is 1.01. The fraction of sp³-hybridized carbons (Fsp3) is 0.750. The number of carboxylic acids is 1. The topological polar surface area (TPSA) is 75.6 Å². The molecule has 0 aromatic carbocycles. The third-order valence-corrected chi connectivity index (χ3v) is 1.57. The summed E-state index contributed by atoms with van der Waals surface area (Å²) in [6.45, 7) is 1.92. The minimum atomic E-state index is -0.921. The Morgan fingerprint density at radius 2 is 2.15 bits per heavy atom. The van der Waals surface area contributed by atoms with Gasteiger partial charge in [0.05, 0.1) is 13.5 Å². The molecule has 0 aromatic heterocycles. The van der Waals surface area contributed by atoms with Crippen molar-refractivity contribution in [2.24, 2.45) is 0 Å². The summed E-state index contributed by atoms with van der Waals surface area (Å²) in [5, 5.41) is 11.0. The van der Waals surface area contributed by atoms with Gasteiger partial charge < -0.3 is 15.2 Å². The van der Waals surface area contributed by atoms with E-state index in [0.29, 0.717) is 6.42 Å². The molecule has 0 aliphatic heterocycles. The number of hydrogen-bond donors (Lipinski definition) is 2. The van der Waals surface area contributed by atoms with Crippen molar-refractivity contribution in [1.29, 1.82) is 0 Å². The van der Waals surface area contributed by atoms with Crippen LogP contribution in [0, 0.1) is 0 Å². The standard InChI is InChI=1S/C8H15NO4/c1-3-4-6(5-7(10)11)9-8(12)13-2/h6H,3-5H2,1-2H3,(H,9,12)(H,10,11). The first-order valence-electron chi connectivity index (χ1n) is 4.16. The minimum Gasteiger partial charge on any atom is -0.481 e. The molecule has 13 heavy (non-hydrogen) atoms. The molecule has 1 unspecified atom stereocenters. The Morgan fingerprint density at radius 1 is 1.54 bits per heavy atom. The van der Waals surface area contributed by atoms with E-state index in [0.717, 1.165) is 6.42 Å². The van der Waals surface area contributed by atoms with Gasteiger partial charge in [0.15, 0.2) is 0 Å². The second-order valence-electron chi connectivity index (χ2n) is 2.72. The highest BCUT2D eigenvalue weighted by atomic mass is 16.5. The van der Waals surface area contributed by atoms with Gasteiger partial charge >= 0.3 is 12.1 Å². The molecule has 1 amide bonds. The van der Waals surface area contributed by atoms with Crippen molar-refractivity contribution in [3.8, 4) is 0 Å². The summed E-state index contributed by atoms with van der Waals surface area (Å²) in [4.78, 5) is 21.1. The van der Waals surface area contributed by atoms with Crippen molar-refractivity contribution in [1.82, 2.24) is 5.32 Å². The zero-order chi connectivity index (χ0) is 10.3. The molecule has 0 saturated heterocycles. The van der Waals surface area contributed by atoms with Crippen LogP contribution in [0.2, 0.25) is 0 Å². The Kier molecular flexibility index (Phi) is 5.67. The smallest absolute Gasteiger partial charge is 0.407 e. The molecule has 0 aliphatic carbocycles. The number of alkyl carbamates (subject to hydrolysis) is 1. The van der Waals surface area contributed by atoms with Crippen LogP contribution in [0.15, 0.2) is 0 Å². The molecule has 1 atom stereocenters. The van der Waals surface area contributed by atoms with Gasteiger partial charge in [-0.1, -0.05) is 13.3 Å². The van der Waals surface area contributed by atoms with Gasteiger partial charge in [0.25, 0.3) is 0 Å². The van der Waals surface area contributed by atoms with E-state index < -0.39 is 12.1 Å². The zero-order valence-corrected chi connectivity index (χ0v) is 7.87. The first kappa shape index (κ1) is 11.7. The molecular weight excluding hydrogens is 174 g/mol. The lowest BCUT2D eigenvalue weighted by Crippen LogP contribution is -2.36. The predicted molar refractivity (Wildman–Crippen MR) is 46.5 cm³/mol. The Bertz CT molecular complexity index is 181. The highest BCUT2D eigenvalue weighted by molar-refractivity contribution is 5.71. The van der Waals surface area contributed by atoms with E-state index in [9.17, 15) is 9.59 Å². The second kappa shape index (κ2) is 6.28. The quantitative estimate of drug-likeness (QED) is 0.676. The Morgan fingerprint density at radius 3 is 2.54 bits per heavy atom. The third kappa shape index (κ3) is 5.95. The number of rotatable bonds is 5. The molecule has 0 aromatic rings. The van der Waals surface area contributed by atoms with Crippen LogP contribution in [0.5, 0.6) is 0 Å². The summed E-state index contributed by atoms with van der Waals surface area (Å²) in [5.41, 5.74) is 0. The van der Waals surface area contributed by atoms with E-state index in [1.165, 1.54) is 7.11 Å². The first-order chi connectivity index (χ1) is 6.10. The van der Waals surface area contributed by atoms with E-state index >= 15 is 0 Å². The zero-order valence-electron chi connectivity index (χ0n) is 7.87. The summed E-state index contributed by atoms with van der Waals surface area (Å²) in [6.07, 6.45) is 0.812. The van der Waals surface area contributed by atoms with Crippen LogP contribution in [0.4, 0.5) is 4.79 Å². The lowest BCUT2D eigenvalue weighted by atomic mass is 10.1. The van der Waals surface area contributed by atoms with Crippen molar-refractivity contribution in [3.63, 3.8) is 0 Å². The van der Waals surface area contributed by atoms with Crippen molar-refractivity contribution in [3.05, 3.63) is 0 Å². The molecule has 5 heteroatoms. The van der Waals surface area contributed by atoms with E-state index in [1.807, 2.05) is 6.92 Å². The fourth-order valence-electron chi connectivity index (χ4n) is 1.01. The highest BCUT2D eigenvalue weighted by Gasteiger charge is 2.14. The number of aliphatic carboxylic acids is 1. The van der Waals surface area contributed by atoms with E-state index in [4.69, 9.17) is 5.11 Å². The number of ether oxygens (including phenoxy) is 1. The number of carbonyl (C=O) groups excluding carboxylic acids is 1. The maximum Gasteiger partial charge on any atom is 0.407 e. The monoisotopic (exact) mass is 189 g/mol. The van der Waals surface area contributed by atoms with Crippen molar-refractivity contribution >= 4 is 12.1 Å². The molecule has 0 rings (SSSR count). The lowest BCUT2D eigenvalue weighted by Gasteiger charge is -2.14. The van der Waals surface area contributed by atoms with E-state index in [-0.39, 0.29) is 12.5 Å². The van der Waals surface area contributed by atoms with Crippen LogP contribution in [0.3, 0.4) is 0 Å². The molecule has 2 N–H and O–H groups in total. The number of carboxylic acid groups (broad SMARTS) is 1. The maximum absolute atomic E-state index is 10.8. The number of methoxy groups -OCH3 is 1. The van der Waals surface area contributed by atoms with E-state index in [1.54, 1.807) is 0 Å². The van der Waals surface area contributed by atoms with Gasteiger partial charge in [0.2, 0.25) is 0 Å². The molecule has 0 spiro atoms. The van der Waals surface area contributed by atoms with Gasteiger partial charge in [-0.15, -0.1) is 0 Å². The third-order valence-electron chi connectivity index (χ3n) is 1.57. The molecule has 0 bridgehead atoms. The summed E-state index contributed by atoms with van der Waals surface area (Å²) in [6, 6.07) is -0.338. The van der Waals surface area contributed by atoms with Gasteiger partial charge in [0.1, 0.15) is 0 Å². The lowest BCUT2D eigenvalue weighted by molar-refractivity contribution is -0.137. The first-order valence-corrected chi connectivity index (χ1v) is 4.16. The molecule has 0 fully saturated rings. The number of carbonyl (C=O) groups is 2. The summed E-state index contributed by atoms with van der Waals surface area (Å²) >= 11 is 0. The van der Waals surface area contributed by atoms with Crippen molar-refractivity contribution < 1.29 is 19.4 Å². The largest absolute Gasteiger partial charge is 0.481 e. The predicted octanol–water partition coefficient (Wildman–Crippen LogP) is 0.986. The Hall–Kier alpha value is -1.26. The Labute approximate surface area is 77.1 Å². The summed E-state index contributed by atoms with van der Waals surface area (Å²) in [7, 11) is 1.25. The maximum atomic E-state index is 10.8. The Balaban J connectivity index is 3.93. The molecular formula is C8H15NO4. The van der Waals surface area contributed by atoms with Gasteiger partial charge in [-0.3, -0.25) is 4.79 Å². The van der Waals surface area contributed by atoms with Crippen molar-refractivity contribution in [2.45, 2.75) is 32.2 Å². The van der Waals surface area contributed by atoms with Crippen LogP contribution < -0.4 is 5.32 Å². The van der Waals surface area contributed by atoms with Crippen LogP contribution in [-0.2, 0) is 9.53 Å². The molecule has 5 nitrogen and oxygen atoms in total. The number of hydrogen-bond acceptors (Lipinski definition) is 3. The van der Waals surface area contributed by atoms with Crippen LogP contribution in [-0.4, -0.2) is 30.3 Å². The van der Waals surface area contributed by atoms with Gasteiger partial charge in [-0.2, -0.15) is 0 Å². The van der Waals surface area contributed by atoms with E-state index in [2.05, 4.69) is 10.1 Å². The average Bonchev–Trinajstić information content (AvgIpc) is 2.03.